The van der Waals surface area contributed by atoms with Crippen LogP contribution in [0.4, 0.5) is 0 Å². The van der Waals surface area contributed by atoms with Gasteiger partial charge in [0, 0.05) is 25.9 Å². The van der Waals surface area contributed by atoms with Crippen molar-refractivity contribution in [3.8, 4) is 0 Å². The summed E-state index contributed by atoms with van der Waals surface area (Å²) in [6, 6.07) is 0. The highest BCUT2D eigenvalue weighted by atomic mass is 35.5. The van der Waals surface area contributed by atoms with E-state index in [1.165, 1.54) is 0 Å². The number of rotatable bonds is 6. The first kappa shape index (κ1) is 14.8. The maximum atomic E-state index is 11.5. The smallest absolute Gasteiger partial charge is 0.307 e. The molecule has 0 unspecified atom stereocenters. The molecule has 2 aromatic heterocycles. The van der Waals surface area contributed by atoms with Crippen LogP contribution in [0.25, 0.3) is 11.2 Å². The van der Waals surface area contributed by atoms with Crippen LogP contribution >= 0.6 is 11.6 Å². The third-order valence-electron chi connectivity index (χ3n) is 3.13. The van der Waals surface area contributed by atoms with Crippen molar-refractivity contribution in [3.05, 3.63) is 11.5 Å². The van der Waals surface area contributed by atoms with E-state index in [0.717, 1.165) is 22.7 Å². The molecule has 6 nitrogen and oxygen atoms in total. The van der Waals surface area contributed by atoms with Gasteiger partial charge in [0.05, 0.1) is 18.7 Å². The third-order valence-corrected chi connectivity index (χ3v) is 3.32. The van der Waals surface area contributed by atoms with Crippen molar-refractivity contribution >= 4 is 28.7 Å². The second kappa shape index (κ2) is 6.26. The summed E-state index contributed by atoms with van der Waals surface area (Å²) in [5.41, 5.74) is 2.68. The SMILES string of the molecule is CCOC(=O)CCn1c(CCCl)nc2c(C)nn(C)c21. The summed E-state index contributed by atoms with van der Waals surface area (Å²) < 4.78 is 8.77. The summed E-state index contributed by atoms with van der Waals surface area (Å²) in [4.78, 5) is 16.1. The van der Waals surface area contributed by atoms with E-state index < -0.39 is 0 Å². The van der Waals surface area contributed by atoms with E-state index in [4.69, 9.17) is 16.3 Å². The molecular formula is C13H19ClN4O2. The Morgan fingerprint density at radius 1 is 1.45 bits per heavy atom. The van der Waals surface area contributed by atoms with Gasteiger partial charge in [0.15, 0.2) is 5.65 Å². The second-order valence-electron chi connectivity index (χ2n) is 4.55. The molecule has 0 fully saturated rings. The molecule has 0 atom stereocenters. The molecule has 2 heterocycles. The topological polar surface area (TPSA) is 61.9 Å². The lowest BCUT2D eigenvalue weighted by Crippen LogP contribution is -2.13. The normalized spacial score (nSPS) is 11.2. The maximum absolute atomic E-state index is 11.5. The molecule has 0 saturated heterocycles. The molecule has 0 N–H and O–H groups in total. The fourth-order valence-electron chi connectivity index (χ4n) is 2.33. The molecule has 0 bridgehead atoms. The Morgan fingerprint density at radius 3 is 2.85 bits per heavy atom. The summed E-state index contributed by atoms with van der Waals surface area (Å²) in [7, 11) is 1.88. The fourth-order valence-corrected chi connectivity index (χ4v) is 2.50. The second-order valence-corrected chi connectivity index (χ2v) is 4.93. The molecule has 2 rings (SSSR count). The number of carbonyl (C=O) groups is 1. The molecular weight excluding hydrogens is 280 g/mol. The first-order valence-corrected chi connectivity index (χ1v) is 7.22. The summed E-state index contributed by atoms with van der Waals surface area (Å²) >= 11 is 5.83. The Kier molecular flexibility index (Phi) is 4.65. The number of nitrogens with zero attached hydrogens (tertiary/aromatic N) is 4. The molecule has 0 aliphatic carbocycles. The van der Waals surface area contributed by atoms with Gasteiger partial charge in [0.25, 0.3) is 0 Å². The quantitative estimate of drug-likeness (QED) is 0.603. The molecule has 20 heavy (non-hydrogen) atoms. The Morgan fingerprint density at radius 2 is 2.20 bits per heavy atom. The zero-order valence-corrected chi connectivity index (χ0v) is 12.8. The van der Waals surface area contributed by atoms with E-state index in [0.29, 0.717) is 31.9 Å². The molecule has 0 aliphatic heterocycles. The van der Waals surface area contributed by atoms with Gasteiger partial charge in [-0.3, -0.25) is 9.48 Å². The van der Waals surface area contributed by atoms with E-state index in [-0.39, 0.29) is 5.97 Å². The summed E-state index contributed by atoms with van der Waals surface area (Å²) in [5.74, 6) is 1.18. The Bertz CT molecular complexity index is 617. The minimum atomic E-state index is -0.204. The third kappa shape index (κ3) is 2.80. The van der Waals surface area contributed by atoms with Crippen molar-refractivity contribution < 1.29 is 9.53 Å². The van der Waals surface area contributed by atoms with E-state index in [2.05, 4.69) is 10.1 Å². The highest BCUT2D eigenvalue weighted by molar-refractivity contribution is 6.17. The van der Waals surface area contributed by atoms with E-state index in [1.54, 1.807) is 11.6 Å². The number of aromatic nitrogens is 4. The van der Waals surface area contributed by atoms with Crippen LogP contribution in [0.3, 0.4) is 0 Å². The van der Waals surface area contributed by atoms with Crippen molar-refractivity contribution in [2.24, 2.45) is 7.05 Å². The number of fused-ring (bicyclic) bond motifs is 1. The van der Waals surface area contributed by atoms with Crippen LogP contribution in [-0.2, 0) is 29.5 Å². The van der Waals surface area contributed by atoms with Gasteiger partial charge in [-0.05, 0) is 13.8 Å². The molecule has 0 amide bonds. The Balaban J connectivity index is 2.33. The monoisotopic (exact) mass is 298 g/mol. The van der Waals surface area contributed by atoms with Crippen LogP contribution in [-0.4, -0.2) is 37.8 Å². The van der Waals surface area contributed by atoms with E-state index in [9.17, 15) is 4.79 Å². The predicted octanol–water partition coefficient (Wildman–Crippen LogP) is 1.81. The zero-order chi connectivity index (χ0) is 14.7. The molecule has 7 heteroatoms. The Labute approximate surface area is 122 Å². The van der Waals surface area contributed by atoms with Crippen LogP contribution in [0.2, 0.25) is 0 Å². The predicted molar refractivity (Wildman–Crippen MR) is 76.9 cm³/mol. The zero-order valence-electron chi connectivity index (χ0n) is 12.0. The van der Waals surface area contributed by atoms with Gasteiger partial charge >= 0.3 is 5.97 Å². The number of carbonyl (C=O) groups excluding carboxylic acids is 1. The molecule has 0 spiro atoms. The van der Waals surface area contributed by atoms with Gasteiger partial charge in [-0.2, -0.15) is 5.10 Å². The van der Waals surface area contributed by atoms with Gasteiger partial charge in [0.1, 0.15) is 11.3 Å². The highest BCUT2D eigenvalue weighted by Gasteiger charge is 2.17. The minimum Gasteiger partial charge on any atom is -0.466 e. The van der Waals surface area contributed by atoms with Gasteiger partial charge < -0.3 is 9.30 Å². The van der Waals surface area contributed by atoms with Gasteiger partial charge in [-0.15, -0.1) is 11.6 Å². The molecule has 0 radical (unpaired) electrons. The summed E-state index contributed by atoms with van der Waals surface area (Å²) in [6.45, 7) is 4.66. The number of hydrogen-bond acceptors (Lipinski definition) is 4. The van der Waals surface area contributed by atoms with Gasteiger partial charge in [-0.25, -0.2) is 4.98 Å². The number of hydrogen-bond donors (Lipinski definition) is 0. The largest absolute Gasteiger partial charge is 0.466 e. The molecule has 0 aromatic carbocycles. The average molecular weight is 299 g/mol. The average Bonchev–Trinajstić information content (AvgIpc) is 2.88. The lowest BCUT2D eigenvalue weighted by molar-refractivity contribution is -0.143. The number of esters is 1. The molecule has 2 aromatic rings. The number of alkyl halides is 1. The fraction of sp³-hybridized carbons (Fsp3) is 0.615. The molecule has 110 valence electrons. The van der Waals surface area contributed by atoms with Gasteiger partial charge in [0.2, 0.25) is 0 Å². The first-order chi connectivity index (χ1) is 9.58. The molecule has 0 saturated carbocycles. The minimum absolute atomic E-state index is 0.204. The van der Waals surface area contributed by atoms with Crippen molar-refractivity contribution in [1.29, 1.82) is 0 Å². The number of ether oxygens (including phenoxy) is 1. The standard InChI is InChI=1S/C13H19ClN4O2/c1-4-20-11(19)6-8-18-10(5-7-14)15-12-9(2)16-17(3)13(12)18/h4-8H2,1-3H3. The van der Waals surface area contributed by atoms with Crippen LogP contribution < -0.4 is 0 Å². The lowest BCUT2D eigenvalue weighted by Gasteiger charge is -2.08. The van der Waals surface area contributed by atoms with Crippen molar-refractivity contribution in [1.82, 2.24) is 19.3 Å². The first-order valence-electron chi connectivity index (χ1n) is 6.68. The number of imidazole rings is 1. The summed E-state index contributed by atoms with van der Waals surface area (Å²) in [6.07, 6.45) is 0.983. The van der Waals surface area contributed by atoms with Crippen molar-refractivity contribution in [2.75, 3.05) is 12.5 Å². The molecule has 0 aliphatic rings. The maximum Gasteiger partial charge on any atom is 0.307 e. The van der Waals surface area contributed by atoms with Crippen LogP contribution in [0.15, 0.2) is 0 Å². The summed E-state index contributed by atoms with van der Waals surface area (Å²) in [5, 5.41) is 4.36. The van der Waals surface area contributed by atoms with E-state index >= 15 is 0 Å². The van der Waals surface area contributed by atoms with E-state index in [1.807, 2.05) is 18.5 Å². The van der Waals surface area contributed by atoms with Crippen LogP contribution in [0.1, 0.15) is 24.9 Å². The van der Waals surface area contributed by atoms with Gasteiger partial charge in [-0.1, -0.05) is 0 Å². The van der Waals surface area contributed by atoms with Crippen LogP contribution in [0, 0.1) is 6.92 Å². The lowest BCUT2D eigenvalue weighted by atomic mass is 10.4. The van der Waals surface area contributed by atoms with Crippen LogP contribution in [0.5, 0.6) is 0 Å². The number of halogens is 1. The Hall–Kier alpha value is -1.56. The van der Waals surface area contributed by atoms with Crippen molar-refractivity contribution in [3.63, 3.8) is 0 Å². The van der Waals surface area contributed by atoms with Crippen molar-refractivity contribution in [2.45, 2.75) is 33.2 Å². The highest BCUT2D eigenvalue weighted by Crippen LogP contribution is 2.20. The number of aryl methyl sites for hydroxylation is 4.